The van der Waals surface area contributed by atoms with Gasteiger partial charge in [-0.15, -0.1) is 0 Å². The van der Waals surface area contributed by atoms with Crippen molar-refractivity contribution in [3.63, 3.8) is 0 Å². The molecule has 0 spiro atoms. The summed E-state index contributed by atoms with van der Waals surface area (Å²) in [5.74, 6) is 0.350. The van der Waals surface area contributed by atoms with Crippen LogP contribution in [0.1, 0.15) is 34.6 Å². The van der Waals surface area contributed by atoms with E-state index >= 15 is 0 Å². The lowest BCUT2D eigenvalue weighted by Crippen LogP contribution is -2.40. The van der Waals surface area contributed by atoms with Crippen molar-refractivity contribution >= 4 is 28.7 Å². The van der Waals surface area contributed by atoms with Crippen LogP contribution in [0.5, 0.6) is 0 Å². The summed E-state index contributed by atoms with van der Waals surface area (Å²) in [5.41, 5.74) is -0.445. The molecule has 0 aromatic heterocycles. The molecule has 15 heavy (non-hydrogen) atoms. The van der Waals surface area contributed by atoms with Crippen molar-refractivity contribution in [2.75, 3.05) is 0 Å². The maximum absolute atomic E-state index is 11.5. The van der Waals surface area contributed by atoms with Gasteiger partial charge in [0.05, 0.1) is 6.04 Å². The van der Waals surface area contributed by atoms with E-state index < -0.39 is 5.60 Å². The van der Waals surface area contributed by atoms with Crippen LogP contribution in [0.25, 0.3) is 0 Å². The monoisotopic (exact) mass is 325 g/mol. The molecule has 1 N–H and O–H groups in total. The Balaban J connectivity index is 4.24. The average molecular weight is 325 g/mol. The number of amides is 1. The summed E-state index contributed by atoms with van der Waals surface area (Å²) in [6, 6.07) is 0.0248. The van der Waals surface area contributed by atoms with Crippen LogP contribution < -0.4 is 5.32 Å². The largest absolute Gasteiger partial charge is 0.444 e. The van der Waals surface area contributed by atoms with Crippen LogP contribution >= 0.6 is 22.6 Å². The van der Waals surface area contributed by atoms with Gasteiger partial charge in [0.25, 0.3) is 0 Å². The highest BCUT2D eigenvalue weighted by atomic mass is 127. The highest BCUT2D eigenvalue weighted by Gasteiger charge is 2.19. The summed E-state index contributed by atoms with van der Waals surface area (Å²) in [7, 11) is 0. The van der Waals surface area contributed by atoms with E-state index in [1.165, 1.54) is 0 Å². The lowest BCUT2D eigenvalue weighted by molar-refractivity contribution is 0.0504. The molecule has 0 radical (unpaired) electrons. The standard InChI is InChI=1S/C11H20INO2/c1-8(2)9(6-7-12)13-10(14)15-11(3,4)5/h6-9H,1-5H3,(H,13,14)/b7-6+/t9-/m1/s1. The molecule has 1 amide bonds. The van der Waals surface area contributed by atoms with Crippen molar-refractivity contribution in [2.24, 2.45) is 5.92 Å². The molecule has 0 aliphatic rings. The Kier molecular flexibility index (Phi) is 6.24. The van der Waals surface area contributed by atoms with E-state index in [0.717, 1.165) is 0 Å². The molecule has 0 saturated carbocycles. The average Bonchev–Trinajstić information content (AvgIpc) is 1.99. The lowest BCUT2D eigenvalue weighted by Gasteiger charge is -2.23. The molecule has 88 valence electrons. The molecule has 0 unspecified atom stereocenters. The zero-order chi connectivity index (χ0) is 12.1. The van der Waals surface area contributed by atoms with E-state index in [-0.39, 0.29) is 12.1 Å². The molecule has 0 bridgehead atoms. The molecule has 0 aromatic carbocycles. The number of halogens is 1. The number of carbonyl (C=O) groups excluding carboxylic acids is 1. The molecule has 0 aromatic rings. The predicted molar refractivity (Wildman–Crippen MR) is 71.2 cm³/mol. The Bertz CT molecular complexity index is 231. The highest BCUT2D eigenvalue weighted by molar-refractivity contribution is 14.1. The zero-order valence-electron chi connectivity index (χ0n) is 10.0. The van der Waals surface area contributed by atoms with Crippen molar-refractivity contribution in [3.05, 3.63) is 10.2 Å². The first-order valence-corrected chi connectivity index (χ1v) is 6.27. The van der Waals surface area contributed by atoms with Gasteiger partial charge in [-0.3, -0.25) is 0 Å². The number of nitrogens with one attached hydrogen (secondary N) is 1. The smallest absolute Gasteiger partial charge is 0.408 e. The molecule has 0 aliphatic heterocycles. The summed E-state index contributed by atoms with van der Waals surface area (Å²) in [5, 5.41) is 2.82. The number of hydrogen-bond donors (Lipinski definition) is 1. The van der Waals surface area contributed by atoms with Crippen LogP contribution in [-0.2, 0) is 4.74 Å². The highest BCUT2D eigenvalue weighted by Crippen LogP contribution is 2.09. The second kappa shape index (κ2) is 6.35. The minimum atomic E-state index is -0.445. The Morgan fingerprint density at radius 3 is 2.27 bits per heavy atom. The number of rotatable bonds is 3. The first kappa shape index (κ1) is 14.7. The van der Waals surface area contributed by atoms with E-state index in [2.05, 4.69) is 41.8 Å². The van der Waals surface area contributed by atoms with Gasteiger partial charge in [0.1, 0.15) is 5.60 Å². The normalized spacial score (nSPS) is 14.3. The zero-order valence-corrected chi connectivity index (χ0v) is 12.2. The second-order valence-corrected chi connectivity index (χ2v) is 5.45. The van der Waals surface area contributed by atoms with Crippen LogP contribution in [-0.4, -0.2) is 17.7 Å². The van der Waals surface area contributed by atoms with E-state index in [0.29, 0.717) is 5.92 Å². The van der Waals surface area contributed by atoms with Gasteiger partial charge in [-0.05, 0) is 30.8 Å². The number of ether oxygens (including phenoxy) is 1. The van der Waals surface area contributed by atoms with Crippen molar-refractivity contribution in [1.82, 2.24) is 5.32 Å². The topological polar surface area (TPSA) is 38.3 Å². The maximum atomic E-state index is 11.5. The van der Waals surface area contributed by atoms with E-state index in [4.69, 9.17) is 4.74 Å². The fraction of sp³-hybridized carbons (Fsp3) is 0.727. The Morgan fingerprint density at radius 2 is 1.93 bits per heavy atom. The Morgan fingerprint density at radius 1 is 1.40 bits per heavy atom. The van der Waals surface area contributed by atoms with Gasteiger partial charge in [-0.25, -0.2) is 4.79 Å². The van der Waals surface area contributed by atoms with Crippen LogP contribution in [0.3, 0.4) is 0 Å². The van der Waals surface area contributed by atoms with Crippen LogP contribution in [0, 0.1) is 5.92 Å². The predicted octanol–water partition coefficient (Wildman–Crippen LogP) is 3.48. The molecule has 3 nitrogen and oxygen atoms in total. The fourth-order valence-corrected chi connectivity index (χ4v) is 1.41. The van der Waals surface area contributed by atoms with E-state index in [9.17, 15) is 4.79 Å². The van der Waals surface area contributed by atoms with Gasteiger partial charge < -0.3 is 10.1 Å². The summed E-state index contributed by atoms with van der Waals surface area (Å²) in [6.45, 7) is 9.67. The molecular formula is C11H20INO2. The van der Waals surface area contributed by atoms with E-state index in [1.54, 1.807) is 0 Å². The molecule has 0 saturated heterocycles. The number of carbonyl (C=O) groups is 1. The van der Waals surface area contributed by atoms with Crippen molar-refractivity contribution in [3.8, 4) is 0 Å². The molecule has 1 atom stereocenters. The summed E-state index contributed by atoms with van der Waals surface area (Å²) in [6.07, 6.45) is 1.59. The quantitative estimate of drug-likeness (QED) is 0.807. The SMILES string of the molecule is CC(C)[C@@H](/C=C/I)NC(=O)OC(C)(C)C. The maximum Gasteiger partial charge on any atom is 0.408 e. The van der Waals surface area contributed by atoms with Crippen molar-refractivity contribution in [1.29, 1.82) is 0 Å². The van der Waals surface area contributed by atoms with Crippen molar-refractivity contribution < 1.29 is 9.53 Å². The third kappa shape index (κ3) is 7.64. The minimum absolute atomic E-state index is 0.0248. The third-order valence-corrected chi connectivity index (χ3v) is 2.10. The third-order valence-electron chi connectivity index (χ3n) is 1.68. The molecule has 0 aliphatic carbocycles. The van der Waals surface area contributed by atoms with Gasteiger partial charge in [-0.1, -0.05) is 42.5 Å². The number of hydrogen-bond acceptors (Lipinski definition) is 2. The number of alkyl carbamates (subject to hydrolysis) is 1. The fourth-order valence-electron chi connectivity index (χ4n) is 0.959. The summed E-state index contributed by atoms with van der Waals surface area (Å²) in [4.78, 5) is 11.5. The summed E-state index contributed by atoms with van der Waals surface area (Å²) >= 11 is 2.14. The Labute approximate surface area is 106 Å². The Hall–Kier alpha value is -0.260. The van der Waals surface area contributed by atoms with Gasteiger partial charge >= 0.3 is 6.09 Å². The first-order chi connectivity index (χ1) is 6.76. The molecule has 0 rings (SSSR count). The lowest BCUT2D eigenvalue weighted by atomic mass is 10.1. The summed E-state index contributed by atoms with van der Waals surface area (Å²) < 4.78 is 7.08. The van der Waals surface area contributed by atoms with Gasteiger partial charge in [0.2, 0.25) is 0 Å². The van der Waals surface area contributed by atoms with Gasteiger partial charge in [0.15, 0.2) is 0 Å². The second-order valence-electron chi connectivity index (χ2n) is 4.73. The van der Waals surface area contributed by atoms with Crippen LogP contribution in [0.15, 0.2) is 10.2 Å². The first-order valence-electron chi connectivity index (χ1n) is 5.02. The van der Waals surface area contributed by atoms with E-state index in [1.807, 2.05) is 30.9 Å². The van der Waals surface area contributed by atoms with Crippen molar-refractivity contribution in [2.45, 2.75) is 46.3 Å². The molecule has 0 fully saturated rings. The van der Waals surface area contributed by atoms with Gasteiger partial charge in [0, 0.05) is 0 Å². The van der Waals surface area contributed by atoms with Crippen LogP contribution in [0.2, 0.25) is 0 Å². The molecular weight excluding hydrogens is 305 g/mol. The van der Waals surface area contributed by atoms with Gasteiger partial charge in [-0.2, -0.15) is 0 Å². The minimum Gasteiger partial charge on any atom is -0.444 e. The molecule has 0 heterocycles. The molecule has 4 heteroatoms. The van der Waals surface area contributed by atoms with Crippen LogP contribution in [0.4, 0.5) is 4.79 Å².